The number of nitrogens with one attached hydrogen (secondary N) is 2. The van der Waals surface area contributed by atoms with Crippen molar-refractivity contribution in [1.29, 1.82) is 0 Å². The van der Waals surface area contributed by atoms with Gasteiger partial charge in [0.15, 0.2) is 22.6 Å². The first-order chi connectivity index (χ1) is 16.9. The van der Waals surface area contributed by atoms with Gasteiger partial charge in [-0.05, 0) is 48.5 Å². The molecule has 1 heterocycles. The maximum absolute atomic E-state index is 13.4. The second-order valence-corrected chi connectivity index (χ2v) is 8.60. The van der Waals surface area contributed by atoms with E-state index in [1.807, 2.05) is 30.3 Å². The van der Waals surface area contributed by atoms with Crippen molar-refractivity contribution in [2.75, 3.05) is 11.1 Å². The second kappa shape index (κ2) is 11.1. The van der Waals surface area contributed by atoms with Gasteiger partial charge in [-0.1, -0.05) is 41.6 Å². The third-order valence-corrected chi connectivity index (χ3v) is 5.94. The van der Waals surface area contributed by atoms with E-state index in [-0.39, 0.29) is 23.9 Å². The van der Waals surface area contributed by atoms with Gasteiger partial charge in [-0.2, -0.15) is 0 Å². The summed E-state index contributed by atoms with van der Waals surface area (Å²) in [6, 6.07) is 18.8. The lowest BCUT2D eigenvalue weighted by Crippen LogP contribution is -2.24. The fraction of sp³-hybridized carbons (Fsp3) is 0.0833. The van der Waals surface area contributed by atoms with Crippen LogP contribution in [0.4, 0.5) is 14.5 Å². The van der Waals surface area contributed by atoms with Crippen molar-refractivity contribution >= 4 is 40.9 Å². The number of benzene rings is 3. The first-order valence-corrected chi connectivity index (χ1v) is 11.7. The van der Waals surface area contributed by atoms with E-state index in [0.29, 0.717) is 21.6 Å². The highest BCUT2D eigenvalue weighted by molar-refractivity contribution is 7.99. The number of hydrogen-bond donors (Lipinski definition) is 2. The predicted octanol–water partition coefficient (Wildman–Crippen LogP) is 4.86. The maximum Gasteiger partial charge on any atom is 0.251 e. The molecule has 0 saturated carbocycles. The minimum absolute atomic E-state index is 0.0545. The average Bonchev–Trinajstić information content (AvgIpc) is 3.27. The molecule has 0 spiro atoms. The molecule has 0 fully saturated rings. The van der Waals surface area contributed by atoms with E-state index in [4.69, 9.17) is 11.6 Å². The van der Waals surface area contributed by atoms with E-state index in [0.717, 1.165) is 29.6 Å². The molecule has 0 bridgehead atoms. The number of carbonyl (C=O) groups is 2. The molecular formula is C24H18ClF2N5O2S. The van der Waals surface area contributed by atoms with Gasteiger partial charge >= 0.3 is 0 Å². The largest absolute Gasteiger partial charge is 0.345 e. The first kappa shape index (κ1) is 24.4. The Kier molecular flexibility index (Phi) is 7.74. The average molecular weight is 514 g/mol. The standard InChI is InChI=1S/C24H18ClF2N5O2S/c25-16-8-6-15(7-9-16)23(34)28-13-21-30-31-24(32(21)18-4-2-1-3-5-18)35-14-22(33)29-17-10-11-19(26)20(27)12-17/h1-12H,13-14H2,(H,28,34)(H,29,33). The van der Waals surface area contributed by atoms with Crippen LogP contribution in [0.15, 0.2) is 78.0 Å². The zero-order valence-electron chi connectivity index (χ0n) is 18.0. The Balaban J connectivity index is 1.47. The van der Waals surface area contributed by atoms with E-state index in [1.54, 1.807) is 28.8 Å². The van der Waals surface area contributed by atoms with Gasteiger partial charge in [-0.3, -0.25) is 14.2 Å². The molecule has 1 aromatic heterocycles. The van der Waals surface area contributed by atoms with Crippen LogP contribution in [-0.2, 0) is 11.3 Å². The molecule has 0 atom stereocenters. The number of nitrogens with zero attached hydrogens (tertiary/aromatic N) is 3. The van der Waals surface area contributed by atoms with E-state index in [9.17, 15) is 18.4 Å². The SMILES string of the molecule is O=C(CSc1nnc(CNC(=O)c2ccc(Cl)cc2)n1-c1ccccc1)Nc1ccc(F)c(F)c1. The molecule has 4 rings (SSSR count). The zero-order chi connectivity index (χ0) is 24.8. The third-order valence-electron chi connectivity index (χ3n) is 4.76. The number of amides is 2. The monoisotopic (exact) mass is 513 g/mol. The van der Waals surface area contributed by atoms with Crippen LogP contribution in [0.3, 0.4) is 0 Å². The molecule has 35 heavy (non-hydrogen) atoms. The van der Waals surface area contributed by atoms with Gasteiger partial charge in [0.2, 0.25) is 5.91 Å². The van der Waals surface area contributed by atoms with Crippen molar-refractivity contribution in [2.45, 2.75) is 11.7 Å². The Hall–Kier alpha value is -3.76. The van der Waals surface area contributed by atoms with Crippen molar-refractivity contribution < 1.29 is 18.4 Å². The summed E-state index contributed by atoms with van der Waals surface area (Å²) in [6.07, 6.45) is 0. The van der Waals surface area contributed by atoms with Crippen LogP contribution in [-0.4, -0.2) is 32.3 Å². The molecule has 0 aliphatic carbocycles. The van der Waals surface area contributed by atoms with E-state index < -0.39 is 17.5 Å². The maximum atomic E-state index is 13.4. The van der Waals surface area contributed by atoms with Crippen molar-refractivity contribution in [2.24, 2.45) is 0 Å². The highest BCUT2D eigenvalue weighted by Crippen LogP contribution is 2.23. The lowest BCUT2D eigenvalue weighted by Gasteiger charge is -2.11. The minimum Gasteiger partial charge on any atom is -0.345 e. The van der Waals surface area contributed by atoms with Crippen LogP contribution in [0.1, 0.15) is 16.2 Å². The molecule has 11 heteroatoms. The summed E-state index contributed by atoms with van der Waals surface area (Å²) >= 11 is 6.99. The summed E-state index contributed by atoms with van der Waals surface area (Å²) in [6.45, 7) is 0.0883. The third kappa shape index (κ3) is 6.23. The van der Waals surface area contributed by atoms with E-state index in [2.05, 4.69) is 20.8 Å². The Morgan fingerprint density at radius 1 is 0.943 bits per heavy atom. The number of thioether (sulfide) groups is 1. The van der Waals surface area contributed by atoms with Crippen LogP contribution in [0.25, 0.3) is 5.69 Å². The fourth-order valence-electron chi connectivity index (χ4n) is 3.11. The topological polar surface area (TPSA) is 88.9 Å². The highest BCUT2D eigenvalue weighted by atomic mass is 35.5. The van der Waals surface area contributed by atoms with Crippen LogP contribution in [0.5, 0.6) is 0 Å². The van der Waals surface area contributed by atoms with Crippen molar-refractivity contribution in [3.05, 3.63) is 101 Å². The van der Waals surface area contributed by atoms with Crippen LogP contribution >= 0.6 is 23.4 Å². The number of hydrogen-bond acceptors (Lipinski definition) is 5. The lowest BCUT2D eigenvalue weighted by atomic mass is 10.2. The number of carbonyl (C=O) groups excluding carboxylic acids is 2. The Labute approximate surface area is 208 Å². The molecular weight excluding hydrogens is 496 g/mol. The Morgan fingerprint density at radius 3 is 2.40 bits per heavy atom. The molecule has 0 saturated heterocycles. The minimum atomic E-state index is -1.05. The van der Waals surface area contributed by atoms with Crippen LogP contribution in [0.2, 0.25) is 5.02 Å². The molecule has 2 N–H and O–H groups in total. The molecule has 0 aliphatic heterocycles. The number of para-hydroxylation sites is 1. The van der Waals surface area contributed by atoms with Gasteiger partial charge in [0.05, 0.1) is 12.3 Å². The molecule has 2 amide bonds. The molecule has 0 unspecified atom stereocenters. The molecule has 0 aliphatic rings. The number of aromatic nitrogens is 3. The van der Waals surface area contributed by atoms with Gasteiger partial charge in [0, 0.05) is 28.0 Å². The fourth-order valence-corrected chi connectivity index (χ4v) is 4.01. The Morgan fingerprint density at radius 2 is 1.69 bits per heavy atom. The molecule has 4 aromatic rings. The lowest BCUT2D eigenvalue weighted by molar-refractivity contribution is -0.113. The smallest absolute Gasteiger partial charge is 0.251 e. The Bertz CT molecular complexity index is 1350. The zero-order valence-corrected chi connectivity index (χ0v) is 19.6. The first-order valence-electron chi connectivity index (χ1n) is 10.3. The number of rotatable bonds is 8. The predicted molar refractivity (Wildman–Crippen MR) is 130 cm³/mol. The summed E-state index contributed by atoms with van der Waals surface area (Å²) in [7, 11) is 0. The van der Waals surface area contributed by atoms with Gasteiger partial charge in [0.25, 0.3) is 5.91 Å². The highest BCUT2D eigenvalue weighted by Gasteiger charge is 2.17. The molecule has 178 valence electrons. The van der Waals surface area contributed by atoms with Gasteiger partial charge < -0.3 is 10.6 Å². The van der Waals surface area contributed by atoms with Crippen molar-refractivity contribution in [3.8, 4) is 5.69 Å². The number of anilines is 1. The van der Waals surface area contributed by atoms with Crippen LogP contribution in [0, 0.1) is 11.6 Å². The van der Waals surface area contributed by atoms with E-state index >= 15 is 0 Å². The molecule has 0 radical (unpaired) electrons. The summed E-state index contributed by atoms with van der Waals surface area (Å²) in [5.74, 6) is -2.37. The normalized spacial score (nSPS) is 10.7. The summed E-state index contributed by atoms with van der Waals surface area (Å²) in [5, 5.41) is 14.6. The van der Waals surface area contributed by atoms with Gasteiger partial charge in [0.1, 0.15) is 0 Å². The number of halogens is 3. The summed E-state index contributed by atoms with van der Waals surface area (Å²) in [5.41, 5.74) is 1.34. The van der Waals surface area contributed by atoms with Crippen LogP contribution < -0.4 is 10.6 Å². The van der Waals surface area contributed by atoms with E-state index in [1.165, 1.54) is 6.07 Å². The quantitative estimate of drug-likeness (QED) is 0.328. The summed E-state index contributed by atoms with van der Waals surface area (Å²) in [4.78, 5) is 24.9. The van der Waals surface area contributed by atoms with Gasteiger partial charge in [-0.15, -0.1) is 10.2 Å². The van der Waals surface area contributed by atoms with Crippen molar-refractivity contribution in [3.63, 3.8) is 0 Å². The summed E-state index contributed by atoms with van der Waals surface area (Å²) < 4.78 is 28.2. The van der Waals surface area contributed by atoms with Gasteiger partial charge in [-0.25, -0.2) is 8.78 Å². The van der Waals surface area contributed by atoms with Crippen molar-refractivity contribution in [1.82, 2.24) is 20.1 Å². The molecule has 3 aromatic carbocycles. The second-order valence-electron chi connectivity index (χ2n) is 7.23. The molecule has 7 nitrogen and oxygen atoms in total.